The van der Waals surface area contributed by atoms with Crippen LogP contribution in [0.2, 0.25) is 0 Å². The second-order valence-corrected chi connectivity index (χ2v) is 9.90. The van der Waals surface area contributed by atoms with E-state index in [9.17, 15) is 14.6 Å². The summed E-state index contributed by atoms with van der Waals surface area (Å²) in [5.74, 6) is 0.560. The third-order valence-corrected chi connectivity index (χ3v) is 7.50. The Bertz CT molecular complexity index is 1150. The largest absolute Gasteiger partial charge is 0.508 e. The minimum absolute atomic E-state index is 0. The fraction of sp³-hybridized carbons (Fsp3) is 0.355. The average Bonchev–Trinajstić information content (AvgIpc) is 3.74. The van der Waals surface area contributed by atoms with Crippen molar-refractivity contribution in [1.82, 2.24) is 4.90 Å². The Labute approximate surface area is 219 Å². The predicted octanol–water partition coefficient (Wildman–Crippen LogP) is 7.03. The number of piperidine rings is 1. The summed E-state index contributed by atoms with van der Waals surface area (Å²) in [6.07, 6.45) is 6.46. The minimum Gasteiger partial charge on any atom is -0.508 e. The highest BCUT2D eigenvalue weighted by atomic mass is 35.5. The highest BCUT2D eigenvalue weighted by Gasteiger charge is 2.32. The molecule has 1 heterocycles. The Hall–Kier alpha value is -2.66. The number of phenols is 1. The van der Waals surface area contributed by atoms with Crippen molar-refractivity contribution in [3.05, 3.63) is 101 Å². The fourth-order valence-corrected chi connectivity index (χ4v) is 5.42. The molecule has 5 rings (SSSR count). The third-order valence-electron chi connectivity index (χ3n) is 7.50. The summed E-state index contributed by atoms with van der Waals surface area (Å²) in [6.45, 7) is 2.49. The van der Waals surface area contributed by atoms with Gasteiger partial charge in [-0.2, -0.15) is 0 Å². The van der Waals surface area contributed by atoms with Gasteiger partial charge in [-0.1, -0.05) is 48.5 Å². The van der Waals surface area contributed by atoms with Gasteiger partial charge in [0.1, 0.15) is 11.6 Å². The van der Waals surface area contributed by atoms with Gasteiger partial charge < -0.3 is 15.1 Å². The summed E-state index contributed by atoms with van der Waals surface area (Å²) >= 11 is 0. The van der Waals surface area contributed by atoms with Crippen molar-refractivity contribution < 1.29 is 14.6 Å². The zero-order chi connectivity index (χ0) is 24.2. The molecule has 36 heavy (non-hydrogen) atoms. The third kappa shape index (κ3) is 6.18. The topological polar surface area (TPSA) is 43.7 Å². The second kappa shape index (κ2) is 12.1. The van der Waals surface area contributed by atoms with Crippen molar-refractivity contribution in [1.29, 1.82) is 0 Å². The van der Waals surface area contributed by atoms with Crippen LogP contribution in [0.5, 0.6) is 5.75 Å². The Kier molecular flexibility index (Phi) is 8.84. The van der Waals surface area contributed by atoms with E-state index < -0.39 is 0 Å². The van der Waals surface area contributed by atoms with Gasteiger partial charge in [-0.25, -0.2) is 4.39 Å². The zero-order valence-electron chi connectivity index (χ0n) is 20.6. The molecule has 3 nitrogen and oxygen atoms in total. The number of hydrogen-bond donors (Lipinski definition) is 2. The van der Waals surface area contributed by atoms with Crippen molar-refractivity contribution in [2.45, 2.75) is 50.5 Å². The quantitative estimate of drug-likeness (QED) is 0.322. The molecule has 2 fully saturated rings. The summed E-state index contributed by atoms with van der Waals surface area (Å²) in [7, 11) is 0. The van der Waals surface area contributed by atoms with Crippen molar-refractivity contribution >= 4 is 23.6 Å². The molecule has 190 valence electrons. The SMILES string of the molecule is Cl.OCCC/C(=C(\c1ccc(O)cc1)c1ccc(C2CCN(C3CC3)CC2)cc1)c1ccc(F)cc1. The van der Waals surface area contributed by atoms with Crippen LogP contribution >= 0.6 is 12.4 Å². The van der Waals surface area contributed by atoms with Crippen LogP contribution in [0.4, 0.5) is 4.39 Å². The number of nitrogens with zero attached hydrogens (tertiary/aromatic N) is 1. The molecule has 0 spiro atoms. The summed E-state index contributed by atoms with van der Waals surface area (Å²) < 4.78 is 13.7. The van der Waals surface area contributed by atoms with E-state index in [-0.39, 0.29) is 30.6 Å². The van der Waals surface area contributed by atoms with Crippen molar-refractivity contribution in [3.63, 3.8) is 0 Å². The monoisotopic (exact) mass is 507 g/mol. The van der Waals surface area contributed by atoms with E-state index in [1.165, 1.54) is 56.5 Å². The lowest BCUT2D eigenvalue weighted by molar-refractivity contribution is 0.203. The van der Waals surface area contributed by atoms with Crippen molar-refractivity contribution in [2.75, 3.05) is 19.7 Å². The minimum atomic E-state index is -0.265. The maximum atomic E-state index is 13.7. The molecule has 1 aliphatic carbocycles. The molecule has 1 saturated heterocycles. The number of likely N-dealkylation sites (tertiary alicyclic amines) is 1. The molecule has 1 aliphatic heterocycles. The van der Waals surface area contributed by atoms with Crippen molar-refractivity contribution in [3.8, 4) is 5.75 Å². The highest BCUT2D eigenvalue weighted by Crippen LogP contribution is 2.38. The van der Waals surface area contributed by atoms with Gasteiger partial charge in [0.2, 0.25) is 0 Å². The van der Waals surface area contributed by atoms with Crippen LogP contribution in [0.15, 0.2) is 72.8 Å². The summed E-state index contributed by atoms with van der Waals surface area (Å²) in [6, 6.07) is 23.6. The molecular formula is C31H35ClFNO2. The number of phenolic OH excluding ortho intramolecular Hbond substituents is 1. The standard InChI is InChI=1S/C31H34FNO2.ClH/c32-27-11-7-24(8-12-27)30(2-1-21-34)31(26-9-15-29(35)16-10-26)25-5-3-22(4-6-25)23-17-19-33(20-18-23)28-13-14-28;/h3-12,15-16,23,28,34-35H,1-2,13-14,17-21H2;1H/b31-30+;. The number of benzene rings is 3. The normalized spacial score (nSPS) is 17.4. The van der Waals surface area contributed by atoms with Gasteiger partial charge in [-0.15, -0.1) is 12.4 Å². The molecular weight excluding hydrogens is 473 g/mol. The van der Waals surface area contributed by atoms with Crippen molar-refractivity contribution in [2.24, 2.45) is 0 Å². The molecule has 0 radical (unpaired) electrons. The van der Waals surface area contributed by atoms with Gasteiger partial charge in [-0.05, 0) is 115 Å². The van der Waals surface area contributed by atoms with E-state index in [1.807, 2.05) is 24.3 Å². The molecule has 1 saturated carbocycles. The molecule has 0 aromatic heterocycles. The Morgan fingerprint density at radius 2 is 1.33 bits per heavy atom. The Morgan fingerprint density at radius 3 is 1.89 bits per heavy atom. The molecule has 0 atom stereocenters. The molecule has 3 aromatic carbocycles. The van der Waals surface area contributed by atoms with Crippen LogP contribution in [0.1, 0.15) is 66.7 Å². The first-order valence-corrected chi connectivity index (χ1v) is 12.9. The second-order valence-electron chi connectivity index (χ2n) is 9.90. The number of aromatic hydroxyl groups is 1. The lowest BCUT2D eigenvalue weighted by Gasteiger charge is -2.32. The van der Waals surface area contributed by atoms with Crippen LogP contribution in [0.3, 0.4) is 0 Å². The van der Waals surface area contributed by atoms with E-state index in [4.69, 9.17) is 0 Å². The Balaban J connectivity index is 0.00000304. The number of aliphatic hydroxyl groups excluding tert-OH is 1. The number of allylic oxidation sites excluding steroid dienone is 1. The van der Waals surface area contributed by atoms with Gasteiger partial charge in [0.05, 0.1) is 0 Å². The van der Waals surface area contributed by atoms with Gasteiger partial charge in [0, 0.05) is 12.6 Å². The van der Waals surface area contributed by atoms with E-state index >= 15 is 0 Å². The average molecular weight is 508 g/mol. The fourth-order valence-electron chi connectivity index (χ4n) is 5.42. The first kappa shape index (κ1) is 26.4. The maximum Gasteiger partial charge on any atom is 0.123 e. The predicted molar refractivity (Wildman–Crippen MR) is 147 cm³/mol. The smallest absolute Gasteiger partial charge is 0.123 e. The molecule has 0 bridgehead atoms. The number of hydrogen-bond acceptors (Lipinski definition) is 3. The highest BCUT2D eigenvalue weighted by molar-refractivity contribution is 5.98. The lowest BCUT2D eigenvalue weighted by Crippen LogP contribution is -2.34. The molecule has 0 unspecified atom stereocenters. The maximum absolute atomic E-state index is 13.7. The lowest BCUT2D eigenvalue weighted by atomic mass is 9.85. The number of aliphatic hydroxyl groups is 1. The Morgan fingerprint density at radius 1 is 0.778 bits per heavy atom. The molecule has 5 heteroatoms. The van der Waals surface area contributed by atoms with Gasteiger partial charge in [0.25, 0.3) is 0 Å². The van der Waals surface area contributed by atoms with Crippen LogP contribution in [-0.4, -0.2) is 40.9 Å². The number of rotatable bonds is 8. The summed E-state index contributed by atoms with van der Waals surface area (Å²) in [5, 5.41) is 19.5. The van der Waals surface area contributed by atoms with Crippen LogP contribution in [0.25, 0.3) is 11.1 Å². The first-order valence-electron chi connectivity index (χ1n) is 12.9. The molecule has 0 amide bonds. The molecule has 3 aromatic rings. The van der Waals surface area contributed by atoms with E-state index in [0.29, 0.717) is 18.8 Å². The first-order chi connectivity index (χ1) is 17.1. The van der Waals surface area contributed by atoms with Gasteiger partial charge >= 0.3 is 0 Å². The van der Waals surface area contributed by atoms with Gasteiger partial charge in [-0.3, -0.25) is 0 Å². The zero-order valence-corrected chi connectivity index (χ0v) is 21.4. The van der Waals surface area contributed by atoms with E-state index in [0.717, 1.165) is 33.9 Å². The van der Waals surface area contributed by atoms with Crippen LogP contribution in [0, 0.1) is 5.82 Å². The molecule has 2 N–H and O–H groups in total. The van der Waals surface area contributed by atoms with Crippen LogP contribution in [-0.2, 0) is 0 Å². The van der Waals surface area contributed by atoms with E-state index in [2.05, 4.69) is 29.2 Å². The van der Waals surface area contributed by atoms with E-state index in [1.54, 1.807) is 12.1 Å². The molecule has 2 aliphatic rings. The summed E-state index contributed by atoms with van der Waals surface area (Å²) in [5.41, 5.74) is 6.54. The number of halogens is 2. The van der Waals surface area contributed by atoms with Crippen LogP contribution < -0.4 is 0 Å². The van der Waals surface area contributed by atoms with Gasteiger partial charge in [0.15, 0.2) is 0 Å². The summed E-state index contributed by atoms with van der Waals surface area (Å²) in [4.78, 5) is 2.66.